The summed E-state index contributed by atoms with van der Waals surface area (Å²) in [6.07, 6.45) is 3.26. The van der Waals surface area contributed by atoms with E-state index in [1.54, 1.807) is 26.3 Å². The van der Waals surface area contributed by atoms with Gasteiger partial charge in [-0.15, -0.1) is 0 Å². The van der Waals surface area contributed by atoms with E-state index in [1.165, 1.54) is 0 Å². The first-order valence-electron chi connectivity index (χ1n) is 9.09. The number of nitrogens with zero attached hydrogens (tertiary/aromatic N) is 2. The molecule has 1 aromatic rings. The number of guanidine groups is 1. The minimum Gasteiger partial charge on any atom is -0.385 e. The van der Waals surface area contributed by atoms with Crippen molar-refractivity contribution in [2.24, 2.45) is 10.7 Å². The lowest BCUT2D eigenvalue weighted by Gasteiger charge is -2.34. The van der Waals surface area contributed by atoms with Crippen LogP contribution in [0.3, 0.4) is 0 Å². The first kappa shape index (κ1) is 20.2. The summed E-state index contributed by atoms with van der Waals surface area (Å²) in [5.41, 5.74) is 6.86. The Kier molecular flexibility index (Phi) is 8.37. The molecule has 0 unspecified atom stereocenters. The number of primary amides is 1. The molecule has 0 aromatic heterocycles. The van der Waals surface area contributed by atoms with Crippen LogP contribution in [0.25, 0.3) is 0 Å². The SMILES string of the molecule is CN=C(NCc1ccc(C(N)=O)cc1)N1CCC(OCCCOC)CC1. The van der Waals surface area contributed by atoms with E-state index in [4.69, 9.17) is 15.2 Å². The van der Waals surface area contributed by atoms with Crippen molar-refractivity contribution in [2.45, 2.75) is 31.9 Å². The van der Waals surface area contributed by atoms with Gasteiger partial charge in [-0.2, -0.15) is 0 Å². The number of piperidine rings is 1. The number of aliphatic imine (C=N–C) groups is 1. The van der Waals surface area contributed by atoms with E-state index in [0.29, 0.717) is 18.2 Å². The fraction of sp³-hybridized carbons (Fsp3) is 0.579. The Balaban J connectivity index is 1.74. The Bertz CT molecular complexity index is 581. The van der Waals surface area contributed by atoms with Crippen molar-refractivity contribution in [1.29, 1.82) is 0 Å². The third-order valence-electron chi connectivity index (χ3n) is 4.49. The molecule has 0 atom stereocenters. The summed E-state index contributed by atoms with van der Waals surface area (Å²) in [4.78, 5) is 17.8. The highest BCUT2D eigenvalue weighted by atomic mass is 16.5. The van der Waals surface area contributed by atoms with E-state index < -0.39 is 5.91 Å². The Morgan fingerprint density at radius 2 is 1.96 bits per heavy atom. The molecule has 1 heterocycles. The summed E-state index contributed by atoms with van der Waals surface area (Å²) in [5.74, 6) is 0.481. The van der Waals surface area contributed by atoms with Crippen LogP contribution in [0.15, 0.2) is 29.3 Å². The van der Waals surface area contributed by atoms with Crippen LogP contribution in [0.4, 0.5) is 0 Å². The van der Waals surface area contributed by atoms with Crippen molar-refractivity contribution in [3.63, 3.8) is 0 Å². The Morgan fingerprint density at radius 3 is 2.54 bits per heavy atom. The molecule has 144 valence electrons. The summed E-state index contributed by atoms with van der Waals surface area (Å²) >= 11 is 0. The van der Waals surface area contributed by atoms with Gasteiger partial charge in [0, 0.05) is 52.6 Å². The van der Waals surface area contributed by atoms with Crippen LogP contribution in [0.5, 0.6) is 0 Å². The normalized spacial score (nSPS) is 15.9. The lowest BCUT2D eigenvalue weighted by molar-refractivity contribution is 0.00989. The number of likely N-dealkylation sites (tertiary alicyclic amines) is 1. The van der Waals surface area contributed by atoms with E-state index in [-0.39, 0.29) is 0 Å². The molecule has 1 aliphatic rings. The largest absolute Gasteiger partial charge is 0.385 e. The predicted octanol–water partition coefficient (Wildman–Crippen LogP) is 1.38. The molecule has 0 saturated carbocycles. The molecular formula is C19H30N4O3. The minimum absolute atomic E-state index is 0.322. The van der Waals surface area contributed by atoms with E-state index in [9.17, 15) is 4.79 Å². The van der Waals surface area contributed by atoms with Gasteiger partial charge in [-0.05, 0) is 37.0 Å². The number of nitrogens with two attached hydrogens (primary N) is 1. The average molecular weight is 362 g/mol. The van der Waals surface area contributed by atoms with E-state index in [0.717, 1.165) is 57.1 Å². The molecule has 1 saturated heterocycles. The van der Waals surface area contributed by atoms with Crippen LogP contribution >= 0.6 is 0 Å². The molecule has 3 N–H and O–H groups in total. The fourth-order valence-corrected chi connectivity index (χ4v) is 2.99. The van der Waals surface area contributed by atoms with Crippen molar-refractivity contribution in [3.8, 4) is 0 Å². The van der Waals surface area contributed by atoms with Crippen molar-refractivity contribution in [3.05, 3.63) is 35.4 Å². The molecule has 0 spiro atoms. The summed E-state index contributed by atoms with van der Waals surface area (Å²) < 4.78 is 10.9. The average Bonchev–Trinajstić information content (AvgIpc) is 2.67. The topological polar surface area (TPSA) is 89.2 Å². The number of hydrogen-bond donors (Lipinski definition) is 2. The summed E-state index contributed by atoms with van der Waals surface area (Å²) in [6.45, 7) is 4.01. The molecule has 0 radical (unpaired) electrons. The van der Waals surface area contributed by atoms with E-state index in [1.807, 2.05) is 12.1 Å². The van der Waals surface area contributed by atoms with Crippen LogP contribution in [-0.4, -0.2) is 63.3 Å². The number of amides is 1. The molecule has 0 bridgehead atoms. The first-order valence-corrected chi connectivity index (χ1v) is 9.09. The predicted molar refractivity (Wildman–Crippen MR) is 102 cm³/mol. The lowest BCUT2D eigenvalue weighted by atomic mass is 10.1. The second kappa shape index (κ2) is 10.8. The highest BCUT2D eigenvalue weighted by Gasteiger charge is 2.21. The quantitative estimate of drug-likeness (QED) is 0.414. The molecule has 26 heavy (non-hydrogen) atoms. The van der Waals surface area contributed by atoms with Gasteiger partial charge in [0.1, 0.15) is 0 Å². The second-order valence-electron chi connectivity index (χ2n) is 6.37. The van der Waals surface area contributed by atoms with Gasteiger partial charge in [-0.25, -0.2) is 0 Å². The monoisotopic (exact) mass is 362 g/mol. The van der Waals surface area contributed by atoms with Gasteiger partial charge in [0.15, 0.2) is 5.96 Å². The maximum Gasteiger partial charge on any atom is 0.248 e. The first-order chi connectivity index (χ1) is 12.6. The number of nitrogens with one attached hydrogen (secondary N) is 1. The zero-order chi connectivity index (χ0) is 18.8. The maximum absolute atomic E-state index is 11.1. The van der Waals surface area contributed by atoms with Crippen LogP contribution < -0.4 is 11.1 Å². The molecule has 1 fully saturated rings. The van der Waals surface area contributed by atoms with Crippen molar-refractivity contribution < 1.29 is 14.3 Å². The molecule has 2 rings (SSSR count). The minimum atomic E-state index is -0.410. The zero-order valence-electron chi connectivity index (χ0n) is 15.7. The highest BCUT2D eigenvalue weighted by Crippen LogP contribution is 2.14. The molecule has 1 aliphatic heterocycles. The molecule has 7 nitrogen and oxygen atoms in total. The Morgan fingerprint density at radius 1 is 1.27 bits per heavy atom. The number of rotatable bonds is 8. The van der Waals surface area contributed by atoms with Gasteiger partial charge < -0.3 is 25.4 Å². The van der Waals surface area contributed by atoms with Crippen LogP contribution in [-0.2, 0) is 16.0 Å². The Hall–Kier alpha value is -2.12. The summed E-state index contributed by atoms with van der Waals surface area (Å²) in [5, 5.41) is 3.38. The molecule has 7 heteroatoms. The molecular weight excluding hydrogens is 332 g/mol. The van der Waals surface area contributed by atoms with Gasteiger partial charge in [0.05, 0.1) is 6.10 Å². The number of carbonyl (C=O) groups is 1. The molecule has 1 amide bonds. The number of ether oxygens (including phenoxy) is 2. The van der Waals surface area contributed by atoms with E-state index >= 15 is 0 Å². The highest BCUT2D eigenvalue weighted by molar-refractivity contribution is 5.92. The Labute approximate surface area is 155 Å². The third kappa shape index (κ3) is 6.31. The molecule has 0 aliphatic carbocycles. The number of methoxy groups -OCH3 is 1. The number of hydrogen-bond acceptors (Lipinski definition) is 4. The maximum atomic E-state index is 11.1. The van der Waals surface area contributed by atoms with Gasteiger partial charge >= 0.3 is 0 Å². The van der Waals surface area contributed by atoms with Crippen LogP contribution in [0.1, 0.15) is 35.2 Å². The van der Waals surface area contributed by atoms with Gasteiger partial charge in [-0.3, -0.25) is 9.79 Å². The molecule has 1 aromatic carbocycles. The number of carbonyl (C=O) groups excluding carboxylic acids is 1. The summed E-state index contributed by atoms with van der Waals surface area (Å²) in [6, 6.07) is 7.30. The third-order valence-corrected chi connectivity index (χ3v) is 4.49. The van der Waals surface area contributed by atoms with Crippen molar-refractivity contribution in [2.75, 3.05) is 40.5 Å². The van der Waals surface area contributed by atoms with Crippen molar-refractivity contribution in [1.82, 2.24) is 10.2 Å². The van der Waals surface area contributed by atoms with Crippen LogP contribution in [0, 0.1) is 0 Å². The van der Waals surface area contributed by atoms with Crippen LogP contribution in [0.2, 0.25) is 0 Å². The smallest absolute Gasteiger partial charge is 0.248 e. The summed E-state index contributed by atoms with van der Waals surface area (Å²) in [7, 11) is 3.51. The standard InChI is InChI=1S/C19H30N4O3/c1-21-19(22-14-15-4-6-16(7-5-15)18(20)24)23-10-8-17(9-11-23)26-13-3-12-25-2/h4-7,17H,3,8-14H2,1-2H3,(H2,20,24)(H,21,22). The van der Waals surface area contributed by atoms with Crippen molar-refractivity contribution >= 4 is 11.9 Å². The van der Waals surface area contributed by atoms with Gasteiger partial charge in [0.25, 0.3) is 0 Å². The zero-order valence-corrected chi connectivity index (χ0v) is 15.7. The van der Waals surface area contributed by atoms with Gasteiger partial charge in [-0.1, -0.05) is 12.1 Å². The van der Waals surface area contributed by atoms with E-state index in [2.05, 4.69) is 15.2 Å². The second-order valence-corrected chi connectivity index (χ2v) is 6.37. The van der Waals surface area contributed by atoms with Gasteiger partial charge in [0.2, 0.25) is 5.91 Å². The fourth-order valence-electron chi connectivity index (χ4n) is 2.99. The lowest BCUT2D eigenvalue weighted by Crippen LogP contribution is -2.46. The number of benzene rings is 1.